The largest absolute Gasteiger partial charge is 0.330 e. The van der Waals surface area contributed by atoms with Crippen LogP contribution in [-0.2, 0) is 0 Å². The highest BCUT2D eigenvalue weighted by Gasteiger charge is 2.14. The van der Waals surface area contributed by atoms with Gasteiger partial charge in [0.1, 0.15) is 0 Å². The first kappa shape index (κ1) is 15.4. The van der Waals surface area contributed by atoms with E-state index in [0.717, 1.165) is 22.2 Å². The van der Waals surface area contributed by atoms with Gasteiger partial charge in [0, 0.05) is 24.5 Å². The molecule has 3 aromatic rings. The van der Waals surface area contributed by atoms with Crippen LogP contribution >= 0.6 is 11.6 Å². The number of benzene rings is 2. The van der Waals surface area contributed by atoms with Gasteiger partial charge in [-0.25, -0.2) is 4.79 Å². The van der Waals surface area contributed by atoms with Crippen LogP contribution in [-0.4, -0.2) is 29.6 Å². The molecule has 0 radical (unpaired) electrons. The van der Waals surface area contributed by atoms with Crippen molar-refractivity contribution in [3.63, 3.8) is 0 Å². The maximum Gasteiger partial charge on any atom is 0.328 e. The summed E-state index contributed by atoms with van der Waals surface area (Å²) in [7, 11) is 3.51. The van der Waals surface area contributed by atoms with Crippen molar-refractivity contribution < 1.29 is 4.79 Å². The Morgan fingerprint density at radius 3 is 2.43 bits per heavy atom. The van der Waals surface area contributed by atoms with Crippen LogP contribution in [0, 0.1) is 0 Å². The van der Waals surface area contributed by atoms with E-state index in [2.05, 4.69) is 0 Å². The second-order valence-corrected chi connectivity index (χ2v) is 5.96. The molecule has 1 aromatic heterocycles. The molecule has 0 fully saturated rings. The number of aromatic nitrogens is 1. The Balaban J connectivity index is 2.07. The lowest BCUT2D eigenvalue weighted by Crippen LogP contribution is -2.27. The topological polar surface area (TPSA) is 25.2 Å². The third-order valence-corrected chi connectivity index (χ3v) is 3.88. The van der Waals surface area contributed by atoms with Gasteiger partial charge in [-0.2, -0.15) is 0 Å². The predicted octanol–water partition coefficient (Wildman–Crippen LogP) is 4.99. The van der Waals surface area contributed by atoms with E-state index in [1.807, 2.05) is 66.7 Å². The Kier molecular flexibility index (Phi) is 4.22. The Labute approximate surface area is 140 Å². The summed E-state index contributed by atoms with van der Waals surface area (Å²) in [4.78, 5) is 14.1. The van der Waals surface area contributed by atoms with Crippen LogP contribution in [0.5, 0.6) is 0 Å². The molecule has 0 spiro atoms. The molecule has 4 heteroatoms. The normalized spacial score (nSPS) is 11.3. The average Bonchev–Trinajstić information content (AvgIpc) is 2.91. The minimum Gasteiger partial charge on any atom is -0.330 e. The van der Waals surface area contributed by atoms with Crippen LogP contribution < -0.4 is 0 Å². The lowest BCUT2D eigenvalue weighted by atomic mass is 10.2. The van der Waals surface area contributed by atoms with E-state index in [1.54, 1.807) is 23.6 Å². The van der Waals surface area contributed by atoms with Crippen molar-refractivity contribution >= 4 is 40.7 Å². The fourth-order valence-corrected chi connectivity index (χ4v) is 2.59. The lowest BCUT2D eigenvalue weighted by Gasteiger charge is -2.13. The first-order valence-electron chi connectivity index (χ1n) is 7.32. The van der Waals surface area contributed by atoms with Crippen molar-refractivity contribution in [3.05, 3.63) is 70.9 Å². The number of halogens is 1. The molecule has 0 saturated heterocycles. The van der Waals surface area contributed by atoms with Crippen molar-refractivity contribution in [2.45, 2.75) is 0 Å². The molecule has 0 aliphatic heterocycles. The molecule has 3 nitrogen and oxygen atoms in total. The van der Waals surface area contributed by atoms with Crippen LogP contribution in [0.15, 0.2) is 54.6 Å². The number of amides is 1. The highest BCUT2D eigenvalue weighted by Crippen LogP contribution is 2.22. The number of rotatable bonds is 2. The molecule has 0 saturated carbocycles. The summed E-state index contributed by atoms with van der Waals surface area (Å²) < 4.78 is 1.72. The average molecular weight is 325 g/mol. The number of nitrogens with zero attached hydrogens (tertiary/aromatic N) is 2. The molecule has 116 valence electrons. The van der Waals surface area contributed by atoms with Crippen molar-refractivity contribution in [1.29, 1.82) is 0 Å². The number of fused-ring (bicyclic) bond motifs is 1. The molecule has 0 aliphatic carbocycles. The van der Waals surface area contributed by atoms with E-state index in [9.17, 15) is 4.79 Å². The Morgan fingerprint density at radius 1 is 1.04 bits per heavy atom. The van der Waals surface area contributed by atoms with Gasteiger partial charge in [0.05, 0.1) is 11.2 Å². The zero-order valence-corrected chi connectivity index (χ0v) is 13.8. The molecule has 1 amide bonds. The lowest BCUT2D eigenvalue weighted by molar-refractivity contribution is 0.220. The van der Waals surface area contributed by atoms with Crippen LogP contribution in [0.25, 0.3) is 23.1 Å². The van der Waals surface area contributed by atoms with Crippen LogP contribution in [0.4, 0.5) is 4.79 Å². The van der Waals surface area contributed by atoms with Gasteiger partial charge in [0.2, 0.25) is 0 Å². The highest BCUT2D eigenvalue weighted by molar-refractivity contribution is 6.30. The smallest absolute Gasteiger partial charge is 0.328 e. The van der Waals surface area contributed by atoms with Gasteiger partial charge < -0.3 is 4.90 Å². The summed E-state index contributed by atoms with van der Waals surface area (Å²) in [5.41, 5.74) is 2.78. The fourth-order valence-electron chi connectivity index (χ4n) is 2.47. The number of carbonyl (C=O) groups is 1. The summed E-state index contributed by atoms with van der Waals surface area (Å²) in [5.74, 6) is 0. The van der Waals surface area contributed by atoms with Crippen molar-refractivity contribution in [2.24, 2.45) is 0 Å². The molecule has 1 heterocycles. The number of hydrogen-bond acceptors (Lipinski definition) is 1. The number of carbonyl (C=O) groups excluding carboxylic acids is 1. The molecule has 23 heavy (non-hydrogen) atoms. The first-order chi connectivity index (χ1) is 11.1. The van der Waals surface area contributed by atoms with Crippen LogP contribution in [0.3, 0.4) is 0 Å². The molecule has 0 unspecified atom stereocenters. The fraction of sp³-hybridized carbons (Fsp3) is 0.105. The SMILES string of the molecule is CN(C)C(=O)n1c(/C=C/c2ccc(Cl)cc2)cc2ccccc21. The van der Waals surface area contributed by atoms with Gasteiger partial charge in [0.15, 0.2) is 0 Å². The number of hydrogen-bond donors (Lipinski definition) is 0. The van der Waals surface area contributed by atoms with Gasteiger partial charge in [-0.3, -0.25) is 4.57 Å². The zero-order chi connectivity index (χ0) is 16.4. The van der Waals surface area contributed by atoms with E-state index in [1.165, 1.54) is 0 Å². The minimum absolute atomic E-state index is 0.0676. The summed E-state index contributed by atoms with van der Waals surface area (Å²) in [6.07, 6.45) is 3.93. The summed E-state index contributed by atoms with van der Waals surface area (Å²) in [6.45, 7) is 0. The number of para-hydroxylation sites is 1. The standard InChI is InChI=1S/C19H17ClN2O/c1-21(2)19(23)22-17(13-15-5-3-4-6-18(15)22)12-9-14-7-10-16(20)11-8-14/h3-13H,1-2H3/b12-9+. The van der Waals surface area contributed by atoms with Gasteiger partial charge in [-0.1, -0.05) is 48.0 Å². The van der Waals surface area contributed by atoms with Crippen LogP contribution in [0.1, 0.15) is 11.3 Å². The Morgan fingerprint density at radius 2 is 1.74 bits per heavy atom. The van der Waals surface area contributed by atoms with Crippen molar-refractivity contribution in [2.75, 3.05) is 14.1 Å². The maximum absolute atomic E-state index is 12.5. The quantitative estimate of drug-likeness (QED) is 0.651. The second kappa shape index (κ2) is 6.31. The summed E-state index contributed by atoms with van der Waals surface area (Å²) >= 11 is 5.91. The minimum atomic E-state index is -0.0676. The van der Waals surface area contributed by atoms with Gasteiger partial charge in [-0.05, 0) is 35.9 Å². The van der Waals surface area contributed by atoms with E-state index >= 15 is 0 Å². The zero-order valence-electron chi connectivity index (χ0n) is 13.0. The van der Waals surface area contributed by atoms with E-state index < -0.39 is 0 Å². The Hall–Kier alpha value is -2.52. The van der Waals surface area contributed by atoms with E-state index in [0.29, 0.717) is 5.02 Å². The molecular weight excluding hydrogens is 308 g/mol. The van der Waals surface area contributed by atoms with Crippen LogP contribution in [0.2, 0.25) is 5.02 Å². The second-order valence-electron chi connectivity index (χ2n) is 5.53. The third-order valence-electron chi connectivity index (χ3n) is 3.63. The summed E-state index contributed by atoms with van der Waals surface area (Å²) in [6, 6.07) is 17.4. The van der Waals surface area contributed by atoms with Gasteiger partial charge in [0.25, 0.3) is 0 Å². The molecule has 0 N–H and O–H groups in total. The van der Waals surface area contributed by atoms with Gasteiger partial charge >= 0.3 is 6.03 Å². The highest BCUT2D eigenvalue weighted by atomic mass is 35.5. The molecule has 0 atom stereocenters. The molecular formula is C19H17ClN2O. The molecule has 0 bridgehead atoms. The van der Waals surface area contributed by atoms with Crippen molar-refractivity contribution in [3.8, 4) is 0 Å². The van der Waals surface area contributed by atoms with E-state index in [4.69, 9.17) is 11.6 Å². The predicted molar refractivity (Wildman–Crippen MR) is 96.8 cm³/mol. The van der Waals surface area contributed by atoms with E-state index in [-0.39, 0.29) is 6.03 Å². The monoisotopic (exact) mass is 324 g/mol. The molecule has 2 aromatic carbocycles. The Bertz CT molecular complexity index is 876. The molecule has 3 rings (SSSR count). The van der Waals surface area contributed by atoms with Gasteiger partial charge in [-0.15, -0.1) is 0 Å². The third kappa shape index (κ3) is 3.15. The first-order valence-corrected chi connectivity index (χ1v) is 7.70. The molecule has 0 aliphatic rings. The summed E-state index contributed by atoms with van der Waals surface area (Å²) in [5, 5.41) is 1.75. The maximum atomic E-state index is 12.5. The van der Waals surface area contributed by atoms with Crippen molar-refractivity contribution in [1.82, 2.24) is 9.47 Å².